The van der Waals surface area contributed by atoms with Gasteiger partial charge in [-0.05, 0) is 36.2 Å². The quantitative estimate of drug-likeness (QED) is 0.834. The van der Waals surface area contributed by atoms with Crippen LogP contribution in [0, 0.1) is 11.3 Å². The number of piperazine rings is 1. The predicted octanol–water partition coefficient (Wildman–Crippen LogP) is 2.97. The monoisotopic (exact) mass is 367 g/mol. The van der Waals surface area contributed by atoms with E-state index in [9.17, 15) is 9.59 Å². The Bertz CT molecular complexity index is 873. The molecule has 26 heavy (non-hydrogen) atoms. The number of nitriles is 1. The van der Waals surface area contributed by atoms with E-state index in [0.717, 1.165) is 11.1 Å². The molecule has 1 aliphatic heterocycles. The average Bonchev–Trinajstić information content (AvgIpc) is 2.65. The molecular weight excluding hydrogens is 350 g/mol. The highest BCUT2D eigenvalue weighted by Crippen LogP contribution is 2.22. The lowest BCUT2D eigenvalue weighted by Crippen LogP contribution is -2.58. The Morgan fingerprint density at radius 3 is 2.46 bits per heavy atom. The summed E-state index contributed by atoms with van der Waals surface area (Å²) >= 11 is 6.17. The first-order valence-electron chi connectivity index (χ1n) is 8.30. The summed E-state index contributed by atoms with van der Waals surface area (Å²) in [5.74, 6) is -0.202. The van der Waals surface area contributed by atoms with Gasteiger partial charge in [0.05, 0.1) is 11.6 Å². The maximum absolute atomic E-state index is 12.7. The highest BCUT2D eigenvalue weighted by atomic mass is 35.5. The third-order valence-corrected chi connectivity index (χ3v) is 4.91. The number of amides is 2. The van der Waals surface area contributed by atoms with E-state index in [0.29, 0.717) is 23.7 Å². The van der Waals surface area contributed by atoms with Gasteiger partial charge in [0.1, 0.15) is 12.6 Å². The molecule has 2 aromatic rings. The number of benzene rings is 2. The van der Waals surface area contributed by atoms with Crippen LogP contribution in [0.3, 0.4) is 0 Å². The largest absolute Gasteiger partial charge is 0.327 e. The normalized spacial score (nSPS) is 17.3. The summed E-state index contributed by atoms with van der Waals surface area (Å²) in [7, 11) is 0. The highest BCUT2D eigenvalue weighted by molar-refractivity contribution is 6.31. The van der Waals surface area contributed by atoms with E-state index in [2.05, 4.69) is 6.07 Å². The summed E-state index contributed by atoms with van der Waals surface area (Å²) in [6.07, 6.45) is 0. The van der Waals surface area contributed by atoms with Crippen molar-refractivity contribution in [3.63, 3.8) is 0 Å². The zero-order valence-corrected chi connectivity index (χ0v) is 15.1. The molecule has 1 heterocycles. The minimum absolute atomic E-state index is 0.0324. The first-order valence-corrected chi connectivity index (χ1v) is 8.68. The molecule has 1 atom stereocenters. The van der Waals surface area contributed by atoms with Crippen molar-refractivity contribution < 1.29 is 9.59 Å². The highest BCUT2D eigenvalue weighted by Gasteiger charge is 2.36. The predicted molar refractivity (Wildman–Crippen MR) is 98.0 cm³/mol. The van der Waals surface area contributed by atoms with Gasteiger partial charge >= 0.3 is 0 Å². The van der Waals surface area contributed by atoms with Gasteiger partial charge in [0.15, 0.2) is 0 Å². The van der Waals surface area contributed by atoms with Gasteiger partial charge < -0.3 is 9.80 Å². The van der Waals surface area contributed by atoms with Gasteiger partial charge in [0, 0.05) is 18.1 Å². The average molecular weight is 368 g/mol. The van der Waals surface area contributed by atoms with Gasteiger partial charge in [-0.3, -0.25) is 9.59 Å². The Morgan fingerprint density at radius 2 is 1.81 bits per heavy atom. The van der Waals surface area contributed by atoms with Crippen molar-refractivity contribution in [2.75, 3.05) is 6.54 Å². The van der Waals surface area contributed by atoms with E-state index in [4.69, 9.17) is 16.9 Å². The molecule has 0 unspecified atom stereocenters. The van der Waals surface area contributed by atoms with Crippen LogP contribution < -0.4 is 0 Å². The number of carbonyl (C=O) groups is 2. The van der Waals surface area contributed by atoms with Gasteiger partial charge in [0.25, 0.3) is 0 Å². The van der Waals surface area contributed by atoms with Crippen LogP contribution in [0.4, 0.5) is 0 Å². The number of rotatable bonds is 4. The molecule has 2 amide bonds. The molecule has 1 aliphatic rings. The van der Waals surface area contributed by atoms with Crippen molar-refractivity contribution in [2.45, 2.75) is 26.1 Å². The lowest BCUT2D eigenvalue weighted by Gasteiger charge is -2.39. The molecule has 0 saturated carbocycles. The van der Waals surface area contributed by atoms with Gasteiger partial charge in [-0.25, -0.2) is 0 Å². The smallest absolute Gasteiger partial charge is 0.245 e. The van der Waals surface area contributed by atoms with Crippen molar-refractivity contribution in [3.05, 3.63) is 70.2 Å². The molecule has 0 bridgehead atoms. The number of hydrogen-bond donors (Lipinski definition) is 0. The first kappa shape index (κ1) is 18.0. The Morgan fingerprint density at radius 1 is 1.12 bits per heavy atom. The SMILES string of the molecule is C[C@H]1C(=O)N(Cc2ccccc2Cl)CC(=O)N1Cc1ccc(C#N)cc1. The third-order valence-electron chi connectivity index (χ3n) is 4.54. The summed E-state index contributed by atoms with van der Waals surface area (Å²) in [5, 5.41) is 9.45. The van der Waals surface area contributed by atoms with E-state index in [1.54, 1.807) is 47.1 Å². The van der Waals surface area contributed by atoms with Crippen LogP contribution in [-0.4, -0.2) is 34.2 Å². The fourth-order valence-corrected chi connectivity index (χ4v) is 3.21. The van der Waals surface area contributed by atoms with E-state index in [1.807, 2.05) is 18.2 Å². The van der Waals surface area contributed by atoms with E-state index in [-0.39, 0.29) is 18.4 Å². The Kier molecular flexibility index (Phi) is 5.24. The standard InChI is InChI=1S/C20H18ClN3O2/c1-14-20(26)23(12-17-4-2-3-5-18(17)21)13-19(25)24(14)11-16-8-6-15(10-22)7-9-16/h2-9,14H,11-13H2,1H3/t14-/m0/s1. The molecule has 0 aliphatic carbocycles. The summed E-state index contributed by atoms with van der Waals surface area (Å²) < 4.78 is 0. The van der Waals surface area contributed by atoms with Crippen molar-refractivity contribution in [3.8, 4) is 6.07 Å². The van der Waals surface area contributed by atoms with Crippen LogP contribution in [0.15, 0.2) is 48.5 Å². The molecular formula is C20H18ClN3O2. The van der Waals surface area contributed by atoms with E-state index >= 15 is 0 Å². The van der Waals surface area contributed by atoms with Crippen LogP contribution in [0.5, 0.6) is 0 Å². The van der Waals surface area contributed by atoms with Gasteiger partial charge in [-0.2, -0.15) is 5.26 Å². The lowest BCUT2D eigenvalue weighted by molar-refractivity contribution is -0.156. The molecule has 2 aromatic carbocycles. The first-order chi connectivity index (χ1) is 12.5. The molecule has 0 N–H and O–H groups in total. The molecule has 5 nitrogen and oxygen atoms in total. The maximum atomic E-state index is 12.7. The van der Waals surface area contributed by atoms with Crippen molar-refractivity contribution in [1.82, 2.24) is 9.80 Å². The van der Waals surface area contributed by atoms with Crippen LogP contribution in [-0.2, 0) is 22.7 Å². The molecule has 3 rings (SSSR count). The van der Waals surface area contributed by atoms with Gasteiger partial charge in [-0.15, -0.1) is 0 Å². The summed E-state index contributed by atoms with van der Waals surface area (Å²) in [4.78, 5) is 28.5. The van der Waals surface area contributed by atoms with Crippen LogP contribution in [0.2, 0.25) is 5.02 Å². The summed E-state index contributed by atoms with van der Waals surface area (Å²) in [6, 6.07) is 15.9. The molecule has 1 fully saturated rings. The number of carbonyl (C=O) groups excluding carboxylic acids is 2. The van der Waals surface area contributed by atoms with Crippen LogP contribution in [0.1, 0.15) is 23.6 Å². The van der Waals surface area contributed by atoms with E-state index < -0.39 is 6.04 Å². The molecule has 0 spiro atoms. The minimum atomic E-state index is -0.547. The number of nitrogens with zero attached hydrogens (tertiary/aromatic N) is 3. The Balaban J connectivity index is 1.72. The summed E-state index contributed by atoms with van der Waals surface area (Å²) in [5.41, 5.74) is 2.27. The third kappa shape index (κ3) is 3.71. The van der Waals surface area contributed by atoms with Gasteiger partial charge in [-0.1, -0.05) is 41.9 Å². The molecule has 6 heteroatoms. The molecule has 0 aromatic heterocycles. The molecule has 132 valence electrons. The molecule has 1 saturated heterocycles. The fourth-order valence-electron chi connectivity index (χ4n) is 3.02. The minimum Gasteiger partial charge on any atom is -0.327 e. The van der Waals surface area contributed by atoms with Crippen LogP contribution in [0.25, 0.3) is 0 Å². The van der Waals surface area contributed by atoms with Crippen LogP contribution >= 0.6 is 11.6 Å². The van der Waals surface area contributed by atoms with Crippen molar-refractivity contribution in [2.24, 2.45) is 0 Å². The fraction of sp³-hybridized carbons (Fsp3) is 0.250. The maximum Gasteiger partial charge on any atom is 0.245 e. The number of hydrogen-bond acceptors (Lipinski definition) is 3. The zero-order valence-electron chi connectivity index (χ0n) is 14.4. The van der Waals surface area contributed by atoms with Gasteiger partial charge in [0.2, 0.25) is 11.8 Å². The van der Waals surface area contributed by atoms with Crippen molar-refractivity contribution in [1.29, 1.82) is 5.26 Å². The lowest BCUT2D eigenvalue weighted by atomic mass is 10.1. The Labute approximate surface area is 157 Å². The van der Waals surface area contributed by atoms with E-state index in [1.165, 1.54) is 0 Å². The zero-order chi connectivity index (χ0) is 18.7. The second-order valence-corrected chi connectivity index (χ2v) is 6.70. The second kappa shape index (κ2) is 7.59. The topological polar surface area (TPSA) is 64.4 Å². The Hall–Kier alpha value is -2.84. The summed E-state index contributed by atoms with van der Waals surface area (Å²) in [6.45, 7) is 2.43. The van der Waals surface area contributed by atoms with Crippen molar-refractivity contribution >= 4 is 23.4 Å². The molecule has 0 radical (unpaired) electrons. The number of halogens is 1. The second-order valence-electron chi connectivity index (χ2n) is 6.29.